The first-order valence-electron chi connectivity index (χ1n) is 7.15. The van der Waals surface area contributed by atoms with Crippen molar-refractivity contribution in [2.75, 3.05) is 11.9 Å². The highest BCUT2D eigenvalue weighted by Crippen LogP contribution is 2.25. The highest BCUT2D eigenvalue weighted by Gasteiger charge is 2.13. The Kier molecular flexibility index (Phi) is 5.62. The van der Waals surface area contributed by atoms with Crippen molar-refractivity contribution < 1.29 is 14.5 Å². The first kappa shape index (κ1) is 16.4. The lowest BCUT2D eigenvalue weighted by atomic mass is 10.2. The van der Waals surface area contributed by atoms with Crippen molar-refractivity contribution in [2.45, 2.75) is 19.8 Å². The second kappa shape index (κ2) is 7.88. The molecule has 0 aliphatic rings. The van der Waals surface area contributed by atoms with Gasteiger partial charge in [0.15, 0.2) is 5.75 Å². The van der Waals surface area contributed by atoms with Crippen LogP contribution in [0, 0.1) is 17.0 Å². The van der Waals surface area contributed by atoms with E-state index in [4.69, 9.17) is 4.74 Å². The number of hydrogen-bond acceptors (Lipinski definition) is 5. The monoisotopic (exact) mass is 315 g/mol. The van der Waals surface area contributed by atoms with Crippen LogP contribution in [0.2, 0.25) is 0 Å². The number of nitrogens with zero attached hydrogens (tertiary/aromatic N) is 2. The molecule has 0 bridgehead atoms. The molecule has 0 fully saturated rings. The van der Waals surface area contributed by atoms with Gasteiger partial charge < -0.3 is 10.1 Å². The minimum atomic E-state index is -0.495. The molecular formula is C16H17N3O4. The van der Waals surface area contributed by atoms with Gasteiger partial charge in [-0.15, -0.1) is 0 Å². The van der Waals surface area contributed by atoms with E-state index in [0.717, 1.165) is 5.56 Å². The number of nitro groups is 1. The van der Waals surface area contributed by atoms with Gasteiger partial charge in [0.2, 0.25) is 5.91 Å². The van der Waals surface area contributed by atoms with Crippen LogP contribution in [0.4, 0.5) is 11.5 Å². The minimum Gasteiger partial charge on any atom is -0.487 e. The largest absolute Gasteiger partial charge is 0.487 e. The Bertz CT molecular complexity index is 703. The molecule has 1 N–H and O–H groups in total. The molecule has 0 saturated heterocycles. The number of pyridine rings is 1. The number of carbonyl (C=O) groups excluding carboxylic acids is 1. The van der Waals surface area contributed by atoms with Gasteiger partial charge in [0.1, 0.15) is 5.82 Å². The third-order valence-electron chi connectivity index (χ3n) is 3.05. The predicted octanol–water partition coefficient (Wildman–Crippen LogP) is 3.10. The number of aromatic nitrogens is 1. The van der Waals surface area contributed by atoms with Crippen LogP contribution in [0.15, 0.2) is 42.6 Å². The Morgan fingerprint density at radius 1 is 1.35 bits per heavy atom. The Hall–Kier alpha value is -2.96. The number of benzene rings is 1. The van der Waals surface area contributed by atoms with Crippen molar-refractivity contribution in [1.82, 2.24) is 4.98 Å². The number of nitro benzene ring substituents is 1. The molecule has 1 heterocycles. The van der Waals surface area contributed by atoms with E-state index in [0.29, 0.717) is 12.2 Å². The summed E-state index contributed by atoms with van der Waals surface area (Å²) < 4.78 is 5.38. The standard InChI is InChI=1S/C16H17N3O4/c1-12-8-9-17-15(11-12)18-16(20)7-4-10-23-14-6-3-2-5-13(14)19(21)22/h2-3,5-6,8-9,11H,4,7,10H2,1H3,(H,17,18,20). The smallest absolute Gasteiger partial charge is 0.310 e. The average molecular weight is 315 g/mol. The SMILES string of the molecule is Cc1ccnc(NC(=O)CCCOc2ccccc2[N+](=O)[O-])c1. The van der Waals surface area contributed by atoms with E-state index < -0.39 is 4.92 Å². The van der Waals surface area contributed by atoms with E-state index in [2.05, 4.69) is 10.3 Å². The number of hydrogen-bond donors (Lipinski definition) is 1. The first-order chi connectivity index (χ1) is 11.1. The highest BCUT2D eigenvalue weighted by atomic mass is 16.6. The van der Waals surface area contributed by atoms with Gasteiger partial charge in [-0.1, -0.05) is 12.1 Å². The summed E-state index contributed by atoms with van der Waals surface area (Å²) in [4.78, 5) is 26.2. The van der Waals surface area contributed by atoms with Gasteiger partial charge in [-0.2, -0.15) is 0 Å². The molecular weight excluding hydrogens is 298 g/mol. The molecule has 0 aliphatic carbocycles. The van der Waals surface area contributed by atoms with E-state index in [-0.39, 0.29) is 30.4 Å². The number of nitrogens with one attached hydrogen (secondary N) is 1. The summed E-state index contributed by atoms with van der Waals surface area (Å²) in [6.45, 7) is 2.14. The van der Waals surface area contributed by atoms with E-state index in [1.807, 2.05) is 13.0 Å². The number of rotatable bonds is 7. The molecule has 2 aromatic rings. The van der Waals surface area contributed by atoms with Crippen LogP contribution in [0.3, 0.4) is 0 Å². The molecule has 7 nitrogen and oxygen atoms in total. The fraction of sp³-hybridized carbons (Fsp3) is 0.250. The summed E-state index contributed by atoms with van der Waals surface area (Å²) in [7, 11) is 0. The molecule has 1 amide bonds. The fourth-order valence-electron chi connectivity index (χ4n) is 1.95. The van der Waals surface area contributed by atoms with Crippen LogP contribution in [0.1, 0.15) is 18.4 Å². The molecule has 7 heteroatoms. The molecule has 120 valence electrons. The molecule has 1 aromatic heterocycles. The zero-order valence-electron chi connectivity index (χ0n) is 12.7. The summed E-state index contributed by atoms with van der Waals surface area (Å²) in [6.07, 6.45) is 2.32. The first-order valence-corrected chi connectivity index (χ1v) is 7.15. The van der Waals surface area contributed by atoms with Crippen molar-refractivity contribution in [2.24, 2.45) is 0 Å². The average Bonchev–Trinajstić information content (AvgIpc) is 2.52. The van der Waals surface area contributed by atoms with Gasteiger partial charge in [0.05, 0.1) is 11.5 Å². The van der Waals surface area contributed by atoms with Crippen LogP contribution < -0.4 is 10.1 Å². The van der Waals surface area contributed by atoms with Gasteiger partial charge in [-0.05, 0) is 37.1 Å². The van der Waals surface area contributed by atoms with Crippen LogP contribution >= 0.6 is 0 Å². The third kappa shape index (κ3) is 5.06. The summed E-state index contributed by atoms with van der Waals surface area (Å²) in [5, 5.41) is 13.5. The zero-order valence-corrected chi connectivity index (χ0v) is 12.7. The Balaban J connectivity index is 1.77. The number of anilines is 1. The van der Waals surface area contributed by atoms with Gasteiger partial charge >= 0.3 is 5.69 Å². The summed E-state index contributed by atoms with van der Waals surface area (Å²) in [6, 6.07) is 9.78. The van der Waals surface area contributed by atoms with E-state index in [1.54, 1.807) is 24.4 Å². The van der Waals surface area contributed by atoms with E-state index in [9.17, 15) is 14.9 Å². The quantitative estimate of drug-likeness (QED) is 0.481. The van der Waals surface area contributed by atoms with Gasteiger partial charge in [0, 0.05) is 18.7 Å². The molecule has 0 aliphatic heterocycles. The van der Waals surface area contributed by atoms with E-state index >= 15 is 0 Å². The molecule has 0 radical (unpaired) electrons. The lowest BCUT2D eigenvalue weighted by Gasteiger charge is -2.07. The third-order valence-corrected chi connectivity index (χ3v) is 3.05. The van der Waals surface area contributed by atoms with Crippen LogP contribution in [0.25, 0.3) is 0 Å². The summed E-state index contributed by atoms with van der Waals surface area (Å²) in [5.41, 5.74) is 0.927. The number of carbonyl (C=O) groups is 1. The Labute approximate surface area is 133 Å². The minimum absolute atomic E-state index is 0.0825. The lowest BCUT2D eigenvalue weighted by molar-refractivity contribution is -0.385. The molecule has 2 rings (SSSR count). The normalized spacial score (nSPS) is 10.1. The number of amides is 1. The molecule has 0 spiro atoms. The number of para-hydroxylation sites is 2. The molecule has 23 heavy (non-hydrogen) atoms. The van der Waals surface area contributed by atoms with Gasteiger partial charge in [-0.3, -0.25) is 14.9 Å². The van der Waals surface area contributed by atoms with Crippen molar-refractivity contribution in [1.29, 1.82) is 0 Å². The van der Waals surface area contributed by atoms with Crippen molar-refractivity contribution in [3.05, 3.63) is 58.3 Å². The maximum Gasteiger partial charge on any atom is 0.310 e. The van der Waals surface area contributed by atoms with Gasteiger partial charge in [0.25, 0.3) is 0 Å². The van der Waals surface area contributed by atoms with Crippen LogP contribution in [-0.4, -0.2) is 22.4 Å². The second-order valence-corrected chi connectivity index (χ2v) is 4.94. The van der Waals surface area contributed by atoms with Crippen molar-refractivity contribution in [3.8, 4) is 5.75 Å². The second-order valence-electron chi connectivity index (χ2n) is 4.94. The fourth-order valence-corrected chi connectivity index (χ4v) is 1.95. The number of aryl methyl sites for hydroxylation is 1. The van der Waals surface area contributed by atoms with Crippen molar-refractivity contribution in [3.63, 3.8) is 0 Å². The van der Waals surface area contributed by atoms with Crippen molar-refractivity contribution >= 4 is 17.4 Å². The highest BCUT2D eigenvalue weighted by molar-refractivity contribution is 5.89. The Morgan fingerprint density at radius 2 is 2.13 bits per heavy atom. The zero-order chi connectivity index (χ0) is 16.7. The molecule has 0 atom stereocenters. The summed E-state index contributed by atoms with van der Waals surface area (Å²) >= 11 is 0. The van der Waals surface area contributed by atoms with Gasteiger partial charge in [-0.25, -0.2) is 4.98 Å². The lowest BCUT2D eigenvalue weighted by Crippen LogP contribution is -2.13. The maximum atomic E-state index is 11.8. The van der Waals surface area contributed by atoms with Crippen LogP contribution in [-0.2, 0) is 4.79 Å². The van der Waals surface area contributed by atoms with Crippen LogP contribution in [0.5, 0.6) is 5.75 Å². The molecule has 0 unspecified atom stereocenters. The molecule has 1 aromatic carbocycles. The van der Waals surface area contributed by atoms with E-state index in [1.165, 1.54) is 12.1 Å². The summed E-state index contributed by atoms with van der Waals surface area (Å²) in [5.74, 6) is 0.544. The topological polar surface area (TPSA) is 94.4 Å². The predicted molar refractivity (Wildman–Crippen MR) is 85.4 cm³/mol. The number of ether oxygens (including phenoxy) is 1. The molecule has 0 saturated carbocycles. The maximum absolute atomic E-state index is 11.8. The Morgan fingerprint density at radius 3 is 2.87 bits per heavy atom.